The first kappa shape index (κ1) is 16.0. The number of piperidine rings is 1. The third-order valence-electron chi connectivity index (χ3n) is 4.84. The number of rotatable bonds is 2. The van der Waals surface area contributed by atoms with Crippen LogP contribution in [-0.2, 0) is 0 Å². The number of aliphatic hydroxyl groups excluding tert-OH is 1. The minimum atomic E-state index is -0.780. The summed E-state index contributed by atoms with van der Waals surface area (Å²) in [5, 5.41) is 22.0. The van der Waals surface area contributed by atoms with Gasteiger partial charge in [0.1, 0.15) is 23.1 Å². The molecule has 1 aromatic rings. The standard InChI is InChI=1S/C16H23N3O4/c1-16(2)15(20)14(18-6-4-3-5-7-18)10-8-12(19(21)22)11(17)9-13(10)23-16/h8-9,14-15,20H,3-7,17H2,1-2H3. The second kappa shape index (κ2) is 5.65. The maximum Gasteiger partial charge on any atom is 0.292 e. The van der Waals surface area contributed by atoms with E-state index < -0.39 is 16.6 Å². The summed E-state index contributed by atoms with van der Waals surface area (Å²) in [7, 11) is 0. The van der Waals surface area contributed by atoms with Gasteiger partial charge >= 0.3 is 0 Å². The molecule has 2 heterocycles. The number of fused-ring (bicyclic) bond motifs is 1. The molecule has 2 aliphatic heterocycles. The topological polar surface area (TPSA) is 102 Å². The summed E-state index contributed by atoms with van der Waals surface area (Å²) < 4.78 is 5.89. The number of nitro groups is 1. The van der Waals surface area contributed by atoms with Crippen LogP contribution in [0.15, 0.2) is 12.1 Å². The highest BCUT2D eigenvalue weighted by atomic mass is 16.6. The van der Waals surface area contributed by atoms with E-state index >= 15 is 0 Å². The third kappa shape index (κ3) is 2.74. The molecule has 2 unspecified atom stereocenters. The van der Waals surface area contributed by atoms with Crippen LogP contribution in [0.4, 0.5) is 11.4 Å². The Morgan fingerprint density at radius 3 is 2.61 bits per heavy atom. The van der Waals surface area contributed by atoms with Crippen LogP contribution in [0, 0.1) is 10.1 Å². The number of likely N-dealkylation sites (tertiary alicyclic amines) is 1. The third-order valence-corrected chi connectivity index (χ3v) is 4.84. The SMILES string of the molecule is CC1(C)Oc2cc(N)c([N+](=O)[O-])cc2C(N2CCCCC2)C1O. The number of nitrogens with zero attached hydrogens (tertiary/aromatic N) is 2. The number of hydrogen-bond donors (Lipinski definition) is 2. The largest absolute Gasteiger partial charge is 0.485 e. The lowest BCUT2D eigenvalue weighted by atomic mass is 9.84. The Balaban J connectivity index is 2.11. The van der Waals surface area contributed by atoms with Gasteiger partial charge in [0.05, 0.1) is 11.0 Å². The number of nitro benzene ring substituents is 1. The highest BCUT2D eigenvalue weighted by molar-refractivity contribution is 5.65. The Morgan fingerprint density at radius 2 is 2.00 bits per heavy atom. The lowest BCUT2D eigenvalue weighted by Gasteiger charge is -2.47. The van der Waals surface area contributed by atoms with Gasteiger partial charge in [0, 0.05) is 17.7 Å². The van der Waals surface area contributed by atoms with E-state index in [-0.39, 0.29) is 17.4 Å². The molecule has 1 saturated heterocycles. The second-order valence-corrected chi connectivity index (χ2v) is 6.90. The fourth-order valence-electron chi connectivity index (χ4n) is 3.56. The van der Waals surface area contributed by atoms with Crippen molar-refractivity contribution in [2.24, 2.45) is 0 Å². The van der Waals surface area contributed by atoms with Gasteiger partial charge in [-0.25, -0.2) is 0 Å². The summed E-state index contributed by atoms with van der Waals surface area (Å²) in [5.74, 6) is 0.527. The molecule has 7 nitrogen and oxygen atoms in total. The summed E-state index contributed by atoms with van der Waals surface area (Å²) in [4.78, 5) is 12.9. The first-order chi connectivity index (χ1) is 10.8. The summed E-state index contributed by atoms with van der Waals surface area (Å²) in [5.41, 5.74) is 5.61. The molecule has 2 aliphatic rings. The van der Waals surface area contributed by atoms with E-state index in [2.05, 4.69) is 4.90 Å². The van der Waals surface area contributed by atoms with Crippen LogP contribution in [0.5, 0.6) is 5.75 Å². The van der Waals surface area contributed by atoms with Crippen LogP contribution in [-0.4, -0.2) is 39.7 Å². The molecular weight excluding hydrogens is 298 g/mol. The van der Waals surface area contributed by atoms with E-state index in [9.17, 15) is 15.2 Å². The van der Waals surface area contributed by atoms with Gasteiger partial charge in [-0.3, -0.25) is 15.0 Å². The molecule has 0 spiro atoms. The molecular formula is C16H23N3O4. The fourth-order valence-corrected chi connectivity index (χ4v) is 3.56. The molecule has 3 rings (SSSR count). The molecule has 3 N–H and O–H groups in total. The molecule has 0 amide bonds. The second-order valence-electron chi connectivity index (χ2n) is 6.90. The lowest BCUT2D eigenvalue weighted by molar-refractivity contribution is -0.384. The molecule has 7 heteroatoms. The zero-order valence-corrected chi connectivity index (χ0v) is 13.5. The minimum Gasteiger partial charge on any atom is -0.485 e. The average Bonchev–Trinajstić information content (AvgIpc) is 2.48. The van der Waals surface area contributed by atoms with E-state index in [1.54, 1.807) is 0 Å². The first-order valence-electron chi connectivity index (χ1n) is 8.00. The molecule has 126 valence electrons. The zero-order chi connectivity index (χ0) is 16.8. The normalized spacial score (nSPS) is 27.1. The van der Waals surface area contributed by atoms with E-state index in [1.807, 2.05) is 13.8 Å². The van der Waals surface area contributed by atoms with Crippen molar-refractivity contribution in [3.05, 3.63) is 27.8 Å². The number of ether oxygens (including phenoxy) is 1. The monoisotopic (exact) mass is 321 g/mol. The molecule has 1 aromatic carbocycles. The number of hydrogen-bond acceptors (Lipinski definition) is 6. The van der Waals surface area contributed by atoms with E-state index in [0.29, 0.717) is 11.3 Å². The molecule has 2 atom stereocenters. The van der Waals surface area contributed by atoms with Crippen LogP contribution < -0.4 is 10.5 Å². The van der Waals surface area contributed by atoms with Crippen molar-refractivity contribution < 1.29 is 14.8 Å². The van der Waals surface area contributed by atoms with E-state index in [1.165, 1.54) is 18.6 Å². The Morgan fingerprint density at radius 1 is 1.35 bits per heavy atom. The molecule has 0 saturated carbocycles. The smallest absolute Gasteiger partial charge is 0.292 e. The number of aliphatic hydroxyl groups is 1. The molecule has 23 heavy (non-hydrogen) atoms. The van der Waals surface area contributed by atoms with Crippen LogP contribution in [0.2, 0.25) is 0 Å². The maximum absolute atomic E-state index is 11.2. The van der Waals surface area contributed by atoms with E-state index in [4.69, 9.17) is 10.5 Å². The van der Waals surface area contributed by atoms with Gasteiger partial charge in [-0.05, 0) is 39.8 Å². The quantitative estimate of drug-likeness (QED) is 0.492. The van der Waals surface area contributed by atoms with Gasteiger partial charge in [-0.15, -0.1) is 0 Å². The highest BCUT2D eigenvalue weighted by Crippen LogP contribution is 2.46. The van der Waals surface area contributed by atoms with Crippen molar-refractivity contribution >= 4 is 11.4 Å². The summed E-state index contributed by atoms with van der Waals surface area (Å²) in [6.07, 6.45) is 2.54. The van der Waals surface area contributed by atoms with Gasteiger partial charge in [-0.2, -0.15) is 0 Å². The van der Waals surface area contributed by atoms with Crippen molar-refractivity contribution in [1.82, 2.24) is 4.90 Å². The summed E-state index contributed by atoms with van der Waals surface area (Å²) in [6.45, 7) is 5.40. The van der Waals surface area contributed by atoms with Crippen LogP contribution >= 0.6 is 0 Å². The van der Waals surface area contributed by atoms with Crippen molar-refractivity contribution in [2.45, 2.75) is 50.9 Å². The molecule has 0 aromatic heterocycles. The van der Waals surface area contributed by atoms with Crippen LogP contribution in [0.25, 0.3) is 0 Å². The van der Waals surface area contributed by atoms with Crippen molar-refractivity contribution in [3.8, 4) is 5.75 Å². The Kier molecular flexibility index (Phi) is 3.93. The summed E-state index contributed by atoms with van der Waals surface area (Å²) in [6, 6.07) is 2.66. The van der Waals surface area contributed by atoms with Crippen molar-refractivity contribution in [1.29, 1.82) is 0 Å². The Labute approximate surface area is 135 Å². The number of nitrogen functional groups attached to an aromatic ring is 1. The minimum absolute atomic E-state index is 0.0818. The Bertz CT molecular complexity index is 626. The van der Waals surface area contributed by atoms with Crippen molar-refractivity contribution in [3.63, 3.8) is 0 Å². The number of anilines is 1. The predicted molar refractivity (Wildman–Crippen MR) is 86.4 cm³/mol. The van der Waals surface area contributed by atoms with Crippen LogP contribution in [0.3, 0.4) is 0 Å². The fraction of sp³-hybridized carbons (Fsp3) is 0.625. The number of nitrogens with two attached hydrogens (primary N) is 1. The van der Waals surface area contributed by atoms with Gasteiger partial charge in [0.25, 0.3) is 5.69 Å². The average molecular weight is 321 g/mol. The van der Waals surface area contributed by atoms with Crippen LogP contribution in [0.1, 0.15) is 44.7 Å². The van der Waals surface area contributed by atoms with E-state index in [0.717, 1.165) is 25.9 Å². The van der Waals surface area contributed by atoms with Gasteiger partial charge in [-0.1, -0.05) is 6.42 Å². The van der Waals surface area contributed by atoms with Crippen molar-refractivity contribution in [2.75, 3.05) is 18.8 Å². The maximum atomic E-state index is 11.2. The zero-order valence-electron chi connectivity index (χ0n) is 13.5. The molecule has 1 fully saturated rings. The Hall–Kier alpha value is -1.86. The molecule has 0 bridgehead atoms. The molecule has 0 aliphatic carbocycles. The number of benzene rings is 1. The predicted octanol–water partition coefficient (Wildman–Crippen LogP) is 2.24. The van der Waals surface area contributed by atoms with Gasteiger partial charge in [0.2, 0.25) is 0 Å². The molecule has 0 radical (unpaired) electrons. The van der Waals surface area contributed by atoms with Gasteiger partial charge in [0.15, 0.2) is 0 Å². The van der Waals surface area contributed by atoms with Gasteiger partial charge < -0.3 is 15.6 Å². The highest BCUT2D eigenvalue weighted by Gasteiger charge is 2.46. The first-order valence-corrected chi connectivity index (χ1v) is 8.00. The lowest BCUT2D eigenvalue weighted by Crippen LogP contribution is -2.54. The summed E-state index contributed by atoms with van der Waals surface area (Å²) >= 11 is 0.